The quantitative estimate of drug-likeness (QED) is 0.647. The van der Waals surface area contributed by atoms with Crippen molar-refractivity contribution in [3.8, 4) is 11.1 Å². The molecule has 0 fully saturated rings. The zero-order chi connectivity index (χ0) is 14.3. The van der Waals surface area contributed by atoms with Gasteiger partial charge in [-0.3, -0.25) is 0 Å². The zero-order valence-electron chi connectivity index (χ0n) is 11.1. The highest BCUT2D eigenvalue weighted by Gasteiger charge is 2.12. The molecule has 3 rings (SSSR count). The lowest BCUT2D eigenvalue weighted by atomic mass is 10.0. The third-order valence-corrected chi connectivity index (χ3v) is 3.56. The van der Waals surface area contributed by atoms with Crippen LogP contribution in [-0.4, -0.2) is 9.97 Å². The van der Waals surface area contributed by atoms with Gasteiger partial charge in [-0.25, -0.2) is 14.4 Å². The van der Waals surface area contributed by atoms with Gasteiger partial charge in [0.15, 0.2) is 0 Å². The molecule has 3 aromatic rings. The molecule has 1 aromatic heterocycles. The highest BCUT2D eigenvalue weighted by Crippen LogP contribution is 2.30. The zero-order valence-corrected chi connectivity index (χ0v) is 11.9. The van der Waals surface area contributed by atoms with Crippen LogP contribution in [0.3, 0.4) is 0 Å². The van der Waals surface area contributed by atoms with Gasteiger partial charge < -0.3 is 0 Å². The van der Waals surface area contributed by atoms with Gasteiger partial charge in [-0.15, -0.1) is 0 Å². The van der Waals surface area contributed by atoms with Gasteiger partial charge in [0.25, 0.3) is 0 Å². The second-order valence-corrected chi connectivity index (χ2v) is 5.13. The van der Waals surface area contributed by atoms with Crippen LogP contribution >= 0.6 is 11.6 Å². The molecule has 20 heavy (non-hydrogen) atoms. The molecular formula is C16H12ClFN2. The van der Waals surface area contributed by atoms with Crippen LogP contribution in [0.2, 0.25) is 5.02 Å². The topological polar surface area (TPSA) is 25.8 Å². The number of aromatic nitrogens is 2. The van der Waals surface area contributed by atoms with Crippen LogP contribution in [-0.2, 0) is 0 Å². The van der Waals surface area contributed by atoms with Gasteiger partial charge in [-0.2, -0.15) is 0 Å². The predicted molar refractivity (Wildman–Crippen MR) is 79.4 cm³/mol. The fourth-order valence-electron chi connectivity index (χ4n) is 2.17. The van der Waals surface area contributed by atoms with Crippen LogP contribution in [0.4, 0.5) is 4.39 Å². The lowest BCUT2D eigenvalue weighted by molar-refractivity contribution is 0.631. The van der Waals surface area contributed by atoms with Crippen molar-refractivity contribution >= 4 is 22.6 Å². The van der Waals surface area contributed by atoms with Crippen LogP contribution in [0.15, 0.2) is 36.4 Å². The minimum atomic E-state index is -0.356. The third-order valence-electron chi connectivity index (χ3n) is 3.33. The number of nitrogens with zero attached hydrogens (tertiary/aromatic N) is 2. The van der Waals surface area contributed by atoms with Crippen molar-refractivity contribution in [1.82, 2.24) is 9.97 Å². The highest BCUT2D eigenvalue weighted by molar-refractivity contribution is 6.30. The van der Waals surface area contributed by atoms with E-state index in [4.69, 9.17) is 11.6 Å². The SMILES string of the molecule is Cc1nc2cccc(-c3ccc(Cl)cc3F)c2nc1C. The number of hydrogen-bond donors (Lipinski definition) is 0. The molecule has 0 aliphatic heterocycles. The van der Waals surface area contributed by atoms with Crippen molar-refractivity contribution in [2.75, 3.05) is 0 Å². The smallest absolute Gasteiger partial charge is 0.132 e. The van der Waals surface area contributed by atoms with Gasteiger partial charge in [0.05, 0.1) is 22.4 Å². The van der Waals surface area contributed by atoms with Crippen LogP contribution in [0.1, 0.15) is 11.4 Å². The van der Waals surface area contributed by atoms with Crippen LogP contribution in [0, 0.1) is 19.7 Å². The summed E-state index contributed by atoms with van der Waals surface area (Å²) in [6.45, 7) is 3.81. The van der Waals surface area contributed by atoms with E-state index in [9.17, 15) is 4.39 Å². The molecular weight excluding hydrogens is 275 g/mol. The van der Waals surface area contributed by atoms with E-state index in [1.54, 1.807) is 12.1 Å². The molecule has 0 spiro atoms. The number of fused-ring (bicyclic) bond motifs is 1. The Morgan fingerprint density at radius 2 is 1.70 bits per heavy atom. The monoisotopic (exact) mass is 286 g/mol. The summed E-state index contributed by atoms with van der Waals surface area (Å²) >= 11 is 5.80. The average Bonchev–Trinajstić information content (AvgIpc) is 2.40. The first-order valence-electron chi connectivity index (χ1n) is 6.25. The van der Waals surface area contributed by atoms with Gasteiger partial charge in [0.1, 0.15) is 5.82 Å². The van der Waals surface area contributed by atoms with Gasteiger partial charge in [-0.1, -0.05) is 23.7 Å². The van der Waals surface area contributed by atoms with E-state index in [1.165, 1.54) is 6.07 Å². The van der Waals surface area contributed by atoms with E-state index in [1.807, 2.05) is 32.0 Å². The minimum absolute atomic E-state index is 0.356. The number of rotatable bonds is 1. The minimum Gasteiger partial charge on any atom is -0.250 e. The van der Waals surface area contributed by atoms with Crippen molar-refractivity contribution in [3.05, 3.63) is 58.6 Å². The van der Waals surface area contributed by atoms with Crippen molar-refractivity contribution in [3.63, 3.8) is 0 Å². The Kier molecular flexibility index (Phi) is 3.14. The van der Waals surface area contributed by atoms with E-state index in [0.717, 1.165) is 22.5 Å². The summed E-state index contributed by atoms with van der Waals surface area (Å²) in [7, 11) is 0. The Labute approximate surface area is 121 Å². The number of halogens is 2. The van der Waals surface area contributed by atoms with Crippen molar-refractivity contribution in [2.24, 2.45) is 0 Å². The Balaban J connectivity index is 2.33. The summed E-state index contributed by atoms with van der Waals surface area (Å²) in [6, 6.07) is 10.2. The molecule has 2 aromatic carbocycles. The van der Waals surface area contributed by atoms with Gasteiger partial charge in [0.2, 0.25) is 0 Å². The average molecular weight is 287 g/mol. The van der Waals surface area contributed by atoms with E-state index < -0.39 is 0 Å². The van der Waals surface area contributed by atoms with Crippen LogP contribution in [0.5, 0.6) is 0 Å². The van der Waals surface area contributed by atoms with Crippen LogP contribution in [0.25, 0.3) is 22.2 Å². The summed E-state index contributed by atoms with van der Waals surface area (Å²) < 4.78 is 14.1. The Hall–Kier alpha value is -2.00. The lowest BCUT2D eigenvalue weighted by Gasteiger charge is -2.09. The van der Waals surface area contributed by atoms with E-state index in [2.05, 4.69) is 9.97 Å². The van der Waals surface area contributed by atoms with Crippen molar-refractivity contribution < 1.29 is 4.39 Å². The number of benzene rings is 2. The largest absolute Gasteiger partial charge is 0.250 e. The molecule has 0 unspecified atom stereocenters. The maximum atomic E-state index is 14.1. The lowest BCUT2D eigenvalue weighted by Crippen LogP contribution is -1.96. The molecule has 100 valence electrons. The third kappa shape index (κ3) is 2.14. The molecule has 0 saturated heterocycles. The van der Waals surface area contributed by atoms with Crippen LogP contribution < -0.4 is 0 Å². The molecule has 2 nitrogen and oxygen atoms in total. The van der Waals surface area contributed by atoms with Gasteiger partial charge in [-0.05, 0) is 38.1 Å². The fraction of sp³-hybridized carbons (Fsp3) is 0.125. The van der Waals surface area contributed by atoms with E-state index in [-0.39, 0.29) is 5.82 Å². The second kappa shape index (κ2) is 4.84. The number of aryl methyl sites for hydroxylation is 2. The molecule has 0 aliphatic rings. The molecule has 0 N–H and O–H groups in total. The molecule has 1 heterocycles. The van der Waals surface area contributed by atoms with Crippen molar-refractivity contribution in [2.45, 2.75) is 13.8 Å². The molecule has 4 heteroatoms. The first-order valence-corrected chi connectivity index (χ1v) is 6.63. The normalized spacial score (nSPS) is 11.0. The molecule has 0 radical (unpaired) electrons. The molecule has 0 atom stereocenters. The maximum Gasteiger partial charge on any atom is 0.132 e. The fourth-order valence-corrected chi connectivity index (χ4v) is 2.33. The maximum absolute atomic E-state index is 14.1. The van der Waals surface area contributed by atoms with E-state index in [0.29, 0.717) is 16.1 Å². The summed E-state index contributed by atoms with van der Waals surface area (Å²) in [6.07, 6.45) is 0. The summed E-state index contributed by atoms with van der Waals surface area (Å²) in [4.78, 5) is 9.05. The molecule has 0 bridgehead atoms. The van der Waals surface area contributed by atoms with Gasteiger partial charge in [0, 0.05) is 16.1 Å². The number of para-hydroxylation sites is 1. The summed E-state index contributed by atoms with van der Waals surface area (Å²) in [5.41, 5.74) is 4.41. The summed E-state index contributed by atoms with van der Waals surface area (Å²) in [5, 5.41) is 0.379. The standard InChI is InChI=1S/C16H12ClFN2/c1-9-10(2)20-16-13(4-3-5-15(16)19-9)12-7-6-11(17)8-14(12)18/h3-8H,1-2H3. The summed E-state index contributed by atoms with van der Waals surface area (Å²) in [5.74, 6) is -0.356. The number of hydrogen-bond acceptors (Lipinski definition) is 2. The van der Waals surface area contributed by atoms with E-state index >= 15 is 0 Å². The highest BCUT2D eigenvalue weighted by atomic mass is 35.5. The first-order chi connectivity index (χ1) is 9.56. The Bertz CT molecular complexity index is 815. The molecule has 0 amide bonds. The van der Waals surface area contributed by atoms with Gasteiger partial charge >= 0.3 is 0 Å². The Morgan fingerprint density at radius 3 is 2.45 bits per heavy atom. The molecule has 0 saturated carbocycles. The first kappa shape index (κ1) is 13.0. The predicted octanol–water partition coefficient (Wildman–Crippen LogP) is 4.71. The molecule has 0 aliphatic carbocycles. The Morgan fingerprint density at radius 1 is 0.950 bits per heavy atom. The second-order valence-electron chi connectivity index (χ2n) is 4.69. The van der Waals surface area contributed by atoms with Crippen molar-refractivity contribution in [1.29, 1.82) is 0 Å².